The number of anilines is 1. The van der Waals surface area contributed by atoms with Crippen molar-refractivity contribution in [2.75, 3.05) is 44.7 Å². The van der Waals surface area contributed by atoms with E-state index in [9.17, 15) is 9.59 Å². The minimum Gasteiger partial charge on any atom is -0.497 e. The number of carbonyl (C=O) groups excluding carboxylic acids is 2. The number of methoxy groups -OCH3 is 1. The van der Waals surface area contributed by atoms with E-state index in [1.54, 1.807) is 7.11 Å². The Labute approximate surface area is 150 Å². The normalized spacial score (nSPS) is 15.0. The predicted molar refractivity (Wildman–Crippen MR) is 98.9 cm³/mol. The van der Waals surface area contributed by atoms with Crippen LogP contribution in [-0.4, -0.2) is 56.5 Å². The molecule has 1 heterocycles. The molecule has 1 aliphatic rings. The molecule has 0 aliphatic carbocycles. The number of hydrogen-bond donors (Lipinski definition) is 1. The molecule has 0 bridgehead atoms. The lowest BCUT2D eigenvalue weighted by molar-refractivity contribution is -0.132. The van der Waals surface area contributed by atoms with E-state index in [0.29, 0.717) is 26.1 Å². The first-order valence-electron chi connectivity index (χ1n) is 8.76. The summed E-state index contributed by atoms with van der Waals surface area (Å²) >= 11 is 0. The average Bonchev–Trinajstić information content (AvgIpc) is 2.61. The Hall–Kier alpha value is -2.24. The highest BCUT2D eigenvalue weighted by Crippen LogP contribution is 2.22. The summed E-state index contributed by atoms with van der Waals surface area (Å²) in [6.07, 6.45) is 0.348. The molecule has 1 aliphatic heterocycles. The van der Waals surface area contributed by atoms with Gasteiger partial charge in [0.05, 0.1) is 7.11 Å². The van der Waals surface area contributed by atoms with Crippen LogP contribution in [0.4, 0.5) is 5.69 Å². The third kappa shape index (κ3) is 5.37. The van der Waals surface area contributed by atoms with Crippen molar-refractivity contribution in [3.05, 3.63) is 24.3 Å². The summed E-state index contributed by atoms with van der Waals surface area (Å²) in [5.74, 6) is 0.910. The van der Waals surface area contributed by atoms with Crippen LogP contribution in [0.25, 0.3) is 0 Å². The molecular weight excluding hydrogens is 318 g/mol. The molecule has 1 fully saturated rings. The number of ether oxygens (including phenoxy) is 1. The summed E-state index contributed by atoms with van der Waals surface area (Å²) in [6.45, 7) is 8.98. The van der Waals surface area contributed by atoms with Crippen LogP contribution < -0.4 is 15.0 Å². The van der Waals surface area contributed by atoms with Crippen molar-refractivity contribution >= 4 is 17.5 Å². The maximum atomic E-state index is 12.3. The third-order valence-electron chi connectivity index (χ3n) is 4.36. The first-order chi connectivity index (χ1) is 11.8. The first-order valence-corrected chi connectivity index (χ1v) is 8.76. The molecule has 0 spiro atoms. The summed E-state index contributed by atoms with van der Waals surface area (Å²) in [4.78, 5) is 28.3. The van der Waals surface area contributed by atoms with Crippen molar-refractivity contribution in [2.45, 2.75) is 27.2 Å². The predicted octanol–water partition coefficient (Wildman–Crippen LogP) is 1.90. The molecule has 0 radical (unpaired) electrons. The second kappa shape index (κ2) is 8.23. The molecule has 0 aromatic heterocycles. The molecule has 6 nitrogen and oxygen atoms in total. The van der Waals surface area contributed by atoms with Crippen molar-refractivity contribution in [3.63, 3.8) is 0 Å². The molecule has 2 amide bonds. The lowest BCUT2D eigenvalue weighted by atomic mass is 9.96. The quantitative estimate of drug-likeness (QED) is 0.884. The number of benzene rings is 1. The smallest absolute Gasteiger partial charge is 0.225 e. The van der Waals surface area contributed by atoms with E-state index in [4.69, 9.17) is 4.74 Å². The van der Waals surface area contributed by atoms with Crippen LogP contribution in [0, 0.1) is 5.41 Å². The Morgan fingerprint density at radius 2 is 1.84 bits per heavy atom. The summed E-state index contributed by atoms with van der Waals surface area (Å²) in [5, 5.41) is 2.83. The Balaban J connectivity index is 1.77. The van der Waals surface area contributed by atoms with Crippen LogP contribution in [0.3, 0.4) is 0 Å². The van der Waals surface area contributed by atoms with Gasteiger partial charge in [-0.15, -0.1) is 0 Å². The number of amides is 2. The molecular formula is C19H29N3O3. The maximum absolute atomic E-state index is 12.3. The van der Waals surface area contributed by atoms with Gasteiger partial charge >= 0.3 is 0 Å². The summed E-state index contributed by atoms with van der Waals surface area (Å²) < 4.78 is 5.27. The highest BCUT2D eigenvalue weighted by Gasteiger charge is 2.23. The average molecular weight is 347 g/mol. The standard InChI is InChI=1S/C19H29N3O3/c1-19(2,3)18(24)20-9-8-17(23)22-12-10-21(11-13-22)15-6-5-7-16(14-15)25-4/h5-7,14H,8-13H2,1-4H3,(H,20,24). The zero-order valence-electron chi connectivity index (χ0n) is 15.7. The van der Waals surface area contributed by atoms with Gasteiger partial charge in [0.25, 0.3) is 0 Å². The van der Waals surface area contributed by atoms with Gasteiger partial charge in [-0.2, -0.15) is 0 Å². The minimum atomic E-state index is -0.425. The van der Waals surface area contributed by atoms with E-state index in [-0.39, 0.29) is 11.8 Å². The lowest BCUT2D eigenvalue weighted by Crippen LogP contribution is -2.49. The number of nitrogens with zero attached hydrogens (tertiary/aromatic N) is 2. The zero-order valence-corrected chi connectivity index (χ0v) is 15.7. The minimum absolute atomic E-state index is 0.0249. The number of carbonyl (C=O) groups is 2. The summed E-state index contributed by atoms with van der Waals surface area (Å²) in [5.41, 5.74) is 0.690. The SMILES string of the molecule is COc1cccc(N2CCN(C(=O)CCNC(=O)C(C)(C)C)CC2)c1. The van der Waals surface area contributed by atoms with Gasteiger partial charge in [0.15, 0.2) is 0 Å². The van der Waals surface area contributed by atoms with Gasteiger partial charge in [0, 0.05) is 56.3 Å². The van der Waals surface area contributed by atoms with Gasteiger partial charge in [0.2, 0.25) is 11.8 Å². The van der Waals surface area contributed by atoms with E-state index in [1.165, 1.54) is 0 Å². The van der Waals surface area contributed by atoms with E-state index < -0.39 is 5.41 Å². The lowest BCUT2D eigenvalue weighted by Gasteiger charge is -2.36. The van der Waals surface area contributed by atoms with Gasteiger partial charge < -0.3 is 19.9 Å². The highest BCUT2D eigenvalue weighted by atomic mass is 16.5. The number of piperazine rings is 1. The summed E-state index contributed by atoms with van der Waals surface area (Å²) in [7, 11) is 1.66. The Kier molecular flexibility index (Phi) is 6.28. The molecule has 6 heteroatoms. The van der Waals surface area contributed by atoms with Gasteiger partial charge in [0.1, 0.15) is 5.75 Å². The van der Waals surface area contributed by atoms with E-state index in [1.807, 2.05) is 43.9 Å². The number of nitrogens with one attached hydrogen (secondary N) is 1. The molecule has 0 saturated carbocycles. The maximum Gasteiger partial charge on any atom is 0.225 e. The zero-order chi connectivity index (χ0) is 18.4. The molecule has 138 valence electrons. The molecule has 1 saturated heterocycles. The van der Waals surface area contributed by atoms with Crippen molar-refractivity contribution < 1.29 is 14.3 Å². The molecule has 0 unspecified atom stereocenters. The Morgan fingerprint density at radius 1 is 1.16 bits per heavy atom. The van der Waals surface area contributed by atoms with Crippen LogP contribution >= 0.6 is 0 Å². The Morgan fingerprint density at radius 3 is 2.44 bits per heavy atom. The van der Waals surface area contributed by atoms with E-state index >= 15 is 0 Å². The van der Waals surface area contributed by atoms with E-state index in [0.717, 1.165) is 24.5 Å². The van der Waals surface area contributed by atoms with Gasteiger partial charge in [-0.1, -0.05) is 26.8 Å². The Bertz CT molecular complexity index is 602. The molecule has 0 atom stereocenters. The number of rotatable bonds is 5. The van der Waals surface area contributed by atoms with Crippen molar-refractivity contribution in [2.24, 2.45) is 5.41 Å². The van der Waals surface area contributed by atoms with Crippen LogP contribution in [0.2, 0.25) is 0 Å². The van der Waals surface area contributed by atoms with Crippen LogP contribution in [0.5, 0.6) is 5.75 Å². The van der Waals surface area contributed by atoms with E-state index in [2.05, 4.69) is 16.3 Å². The molecule has 25 heavy (non-hydrogen) atoms. The molecule has 1 aromatic carbocycles. The fourth-order valence-electron chi connectivity index (χ4n) is 2.73. The second-order valence-corrected chi connectivity index (χ2v) is 7.33. The van der Waals surface area contributed by atoms with Gasteiger partial charge in [-0.3, -0.25) is 9.59 Å². The molecule has 2 rings (SSSR count). The fraction of sp³-hybridized carbons (Fsp3) is 0.579. The summed E-state index contributed by atoms with van der Waals surface area (Å²) in [6, 6.07) is 7.97. The van der Waals surface area contributed by atoms with Crippen molar-refractivity contribution in [3.8, 4) is 5.75 Å². The number of hydrogen-bond acceptors (Lipinski definition) is 4. The molecule has 1 N–H and O–H groups in total. The topological polar surface area (TPSA) is 61.9 Å². The highest BCUT2D eigenvalue weighted by molar-refractivity contribution is 5.82. The van der Waals surface area contributed by atoms with Crippen molar-refractivity contribution in [1.29, 1.82) is 0 Å². The third-order valence-corrected chi connectivity index (χ3v) is 4.36. The molecule has 1 aromatic rings. The van der Waals surface area contributed by atoms with Gasteiger partial charge in [-0.05, 0) is 12.1 Å². The fourth-order valence-corrected chi connectivity index (χ4v) is 2.73. The largest absolute Gasteiger partial charge is 0.497 e. The monoisotopic (exact) mass is 347 g/mol. The second-order valence-electron chi connectivity index (χ2n) is 7.33. The van der Waals surface area contributed by atoms with Crippen LogP contribution in [0.1, 0.15) is 27.2 Å². The van der Waals surface area contributed by atoms with Gasteiger partial charge in [-0.25, -0.2) is 0 Å². The first kappa shape index (κ1) is 19.1. The van der Waals surface area contributed by atoms with Crippen molar-refractivity contribution in [1.82, 2.24) is 10.2 Å². The van der Waals surface area contributed by atoms with Crippen LogP contribution in [-0.2, 0) is 9.59 Å². The van der Waals surface area contributed by atoms with Crippen LogP contribution in [0.15, 0.2) is 24.3 Å².